The van der Waals surface area contributed by atoms with Crippen molar-refractivity contribution in [3.05, 3.63) is 39.6 Å². The first-order valence-corrected chi connectivity index (χ1v) is 7.45. The molecular weight excluding hydrogens is 398 g/mol. The Kier molecular flexibility index (Phi) is 3.88. The molecule has 0 spiro atoms. The van der Waals surface area contributed by atoms with Crippen molar-refractivity contribution in [3.8, 4) is 0 Å². The standard InChI is InChI=1S/C12H9ClFIN4O/c13-5-12-17-9-4-8(15)7(14)3-10(9)19(12)2-1-11-16-6-20-18-11/h3-4,6H,1-2,5H2. The van der Waals surface area contributed by atoms with E-state index in [1.807, 2.05) is 27.2 Å². The van der Waals surface area contributed by atoms with Gasteiger partial charge in [-0.1, -0.05) is 5.16 Å². The van der Waals surface area contributed by atoms with Crippen LogP contribution in [0, 0.1) is 9.39 Å². The Labute approximate surface area is 132 Å². The van der Waals surface area contributed by atoms with Gasteiger partial charge in [0.15, 0.2) is 5.82 Å². The minimum atomic E-state index is -0.264. The van der Waals surface area contributed by atoms with E-state index in [-0.39, 0.29) is 11.7 Å². The van der Waals surface area contributed by atoms with Crippen molar-refractivity contribution in [1.82, 2.24) is 19.7 Å². The highest BCUT2D eigenvalue weighted by Crippen LogP contribution is 2.23. The van der Waals surface area contributed by atoms with Crippen molar-refractivity contribution in [2.75, 3.05) is 0 Å². The lowest BCUT2D eigenvalue weighted by Gasteiger charge is -2.06. The summed E-state index contributed by atoms with van der Waals surface area (Å²) in [7, 11) is 0. The van der Waals surface area contributed by atoms with Crippen LogP contribution in [0.2, 0.25) is 0 Å². The zero-order valence-corrected chi connectivity index (χ0v) is 13.1. The summed E-state index contributed by atoms with van der Waals surface area (Å²) in [4.78, 5) is 8.39. The smallest absolute Gasteiger partial charge is 0.213 e. The number of nitrogens with zero attached hydrogens (tertiary/aromatic N) is 4. The number of hydrogen-bond donors (Lipinski definition) is 0. The monoisotopic (exact) mass is 406 g/mol. The summed E-state index contributed by atoms with van der Waals surface area (Å²) in [6, 6.07) is 3.20. The average molecular weight is 407 g/mol. The molecule has 2 heterocycles. The second-order valence-corrected chi connectivity index (χ2v) is 5.60. The molecule has 0 aliphatic heterocycles. The molecule has 0 saturated carbocycles. The Morgan fingerprint density at radius 1 is 1.40 bits per heavy atom. The number of benzene rings is 1. The summed E-state index contributed by atoms with van der Waals surface area (Å²) >= 11 is 7.86. The maximum Gasteiger partial charge on any atom is 0.213 e. The van der Waals surface area contributed by atoms with Crippen molar-refractivity contribution >= 4 is 45.2 Å². The number of halogens is 3. The number of hydrogen-bond acceptors (Lipinski definition) is 4. The fraction of sp³-hybridized carbons (Fsp3) is 0.250. The highest BCUT2D eigenvalue weighted by molar-refractivity contribution is 14.1. The molecule has 0 unspecified atom stereocenters. The van der Waals surface area contributed by atoms with Crippen LogP contribution in [-0.2, 0) is 18.8 Å². The van der Waals surface area contributed by atoms with Gasteiger partial charge in [-0.05, 0) is 28.7 Å². The molecule has 20 heavy (non-hydrogen) atoms. The van der Waals surface area contributed by atoms with Gasteiger partial charge in [-0.25, -0.2) is 9.37 Å². The third kappa shape index (κ3) is 2.51. The lowest BCUT2D eigenvalue weighted by Crippen LogP contribution is -2.06. The van der Waals surface area contributed by atoms with Gasteiger partial charge in [0, 0.05) is 19.0 Å². The summed E-state index contributed by atoms with van der Waals surface area (Å²) < 4.78 is 20.9. The molecule has 0 atom stereocenters. The van der Waals surface area contributed by atoms with Crippen molar-refractivity contribution in [2.45, 2.75) is 18.8 Å². The van der Waals surface area contributed by atoms with Crippen LogP contribution in [0.3, 0.4) is 0 Å². The molecule has 0 saturated heterocycles. The predicted octanol–water partition coefficient (Wildman–Crippen LogP) is 3.14. The topological polar surface area (TPSA) is 56.7 Å². The number of imidazole rings is 1. The van der Waals surface area contributed by atoms with E-state index in [9.17, 15) is 4.39 Å². The minimum Gasteiger partial charge on any atom is -0.343 e. The molecule has 3 rings (SSSR count). The largest absolute Gasteiger partial charge is 0.343 e. The molecule has 0 radical (unpaired) electrons. The third-order valence-corrected chi connectivity index (χ3v) is 4.02. The van der Waals surface area contributed by atoms with Crippen LogP contribution < -0.4 is 0 Å². The number of aryl methyl sites for hydroxylation is 2. The van der Waals surface area contributed by atoms with E-state index < -0.39 is 0 Å². The van der Waals surface area contributed by atoms with E-state index in [2.05, 4.69) is 15.1 Å². The number of aromatic nitrogens is 4. The van der Waals surface area contributed by atoms with Gasteiger partial charge in [0.25, 0.3) is 0 Å². The van der Waals surface area contributed by atoms with Gasteiger partial charge < -0.3 is 9.09 Å². The second kappa shape index (κ2) is 5.65. The van der Waals surface area contributed by atoms with Crippen LogP contribution in [0.1, 0.15) is 11.6 Å². The predicted molar refractivity (Wildman–Crippen MR) is 80.0 cm³/mol. The highest BCUT2D eigenvalue weighted by atomic mass is 127. The van der Waals surface area contributed by atoms with Crippen molar-refractivity contribution in [2.24, 2.45) is 0 Å². The maximum absolute atomic E-state index is 13.7. The summed E-state index contributed by atoms with van der Waals surface area (Å²) in [6.07, 6.45) is 1.85. The molecule has 0 aliphatic carbocycles. The summed E-state index contributed by atoms with van der Waals surface area (Å²) in [6.45, 7) is 0.568. The van der Waals surface area contributed by atoms with Crippen molar-refractivity contribution in [1.29, 1.82) is 0 Å². The molecule has 5 nitrogen and oxygen atoms in total. The molecule has 8 heteroatoms. The summed E-state index contributed by atoms with van der Waals surface area (Å²) in [5.41, 5.74) is 1.46. The van der Waals surface area contributed by atoms with E-state index in [0.717, 1.165) is 11.0 Å². The van der Waals surface area contributed by atoms with Gasteiger partial charge in [-0.2, -0.15) is 4.98 Å². The first kappa shape index (κ1) is 13.7. The average Bonchev–Trinajstić information content (AvgIpc) is 3.05. The zero-order chi connectivity index (χ0) is 14.1. The fourth-order valence-electron chi connectivity index (χ4n) is 2.04. The molecule has 3 aromatic rings. The van der Waals surface area contributed by atoms with Crippen LogP contribution in [0.15, 0.2) is 23.0 Å². The Morgan fingerprint density at radius 2 is 2.25 bits per heavy atom. The number of fused-ring (bicyclic) bond motifs is 1. The van der Waals surface area contributed by atoms with Crippen LogP contribution in [0.4, 0.5) is 4.39 Å². The van der Waals surface area contributed by atoms with Gasteiger partial charge >= 0.3 is 0 Å². The summed E-state index contributed by atoms with van der Waals surface area (Å²) in [5.74, 6) is 1.30. The molecule has 0 aliphatic rings. The van der Waals surface area contributed by atoms with Gasteiger partial charge in [-0.3, -0.25) is 0 Å². The van der Waals surface area contributed by atoms with E-state index in [1.54, 1.807) is 6.07 Å². The van der Waals surface area contributed by atoms with E-state index in [1.165, 1.54) is 12.5 Å². The fourth-order valence-corrected chi connectivity index (χ4v) is 2.69. The Morgan fingerprint density at radius 3 is 2.95 bits per heavy atom. The number of rotatable bonds is 4. The van der Waals surface area contributed by atoms with Gasteiger partial charge in [0.1, 0.15) is 11.6 Å². The van der Waals surface area contributed by atoms with Gasteiger partial charge in [0.05, 0.1) is 20.5 Å². The highest BCUT2D eigenvalue weighted by Gasteiger charge is 2.13. The third-order valence-electron chi connectivity index (χ3n) is 2.95. The molecule has 2 aromatic heterocycles. The van der Waals surface area contributed by atoms with Gasteiger partial charge in [-0.15, -0.1) is 11.6 Å². The minimum absolute atomic E-state index is 0.263. The Balaban J connectivity index is 2.01. The molecule has 0 amide bonds. The first-order chi connectivity index (χ1) is 9.69. The molecule has 0 N–H and O–H groups in total. The van der Waals surface area contributed by atoms with Crippen molar-refractivity contribution < 1.29 is 8.91 Å². The molecule has 0 fully saturated rings. The quantitative estimate of drug-likeness (QED) is 0.493. The Hall–Kier alpha value is -1.22. The van der Waals surface area contributed by atoms with Crippen LogP contribution in [-0.4, -0.2) is 19.7 Å². The molecular formula is C12H9ClFIN4O. The van der Waals surface area contributed by atoms with E-state index >= 15 is 0 Å². The van der Waals surface area contributed by atoms with E-state index in [4.69, 9.17) is 16.1 Å². The lowest BCUT2D eigenvalue weighted by molar-refractivity contribution is 0.408. The molecule has 0 bridgehead atoms. The van der Waals surface area contributed by atoms with Crippen LogP contribution in [0.25, 0.3) is 11.0 Å². The van der Waals surface area contributed by atoms with Crippen LogP contribution >= 0.6 is 34.2 Å². The maximum atomic E-state index is 13.7. The van der Waals surface area contributed by atoms with Crippen molar-refractivity contribution in [3.63, 3.8) is 0 Å². The molecule has 1 aromatic carbocycles. The SMILES string of the molecule is Fc1cc2c(cc1I)nc(CCl)n2CCc1ncon1. The summed E-state index contributed by atoms with van der Waals surface area (Å²) in [5, 5.41) is 3.75. The molecule has 104 valence electrons. The lowest BCUT2D eigenvalue weighted by atomic mass is 10.3. The normalized spacial score (nSPS) is 11.3. The zero-order valence-electron chi connectivity index (χ0n) is 10.2. The Bertz CT molecular complexity index is 744. The van der Waals surface area contributed by atoms with Crippen LogP contribution in [0.5, 0.6) is 0 Å². The van der Waals surface area contributed by atoms with Gasteiger partial charge in [0.2, 0.25) is 6.39 Å². The second-order valence-electron chi connectivity index (χ2n) is 4.17. The first-order valence-electron chi connectivity index (χ1n) is 5.84. The van der Waals surface area contributed by atoms with E-state index in [0.29, 0.717) is 28.2 Å². The number of alkyl halides is 1.